The van der Waals surface area contributed by atoms with Crippen LogP contribution in [0, 0.1) is 10.1 Å². The minimum absolute atomic E-state index is 0.0124. The Hall–Kier alpha value is -1.37. The van der Waals surface area contributed by atoms with Gasteiger partial charge in [0.2, 0.25) is 0 Å². The summed E-state index contributed by atoms with van der Waals surface area (Å²) in [6.45, 7) is 2.63. The lowest BCUT2D eigenvalue weighted by atomic mass is 10.1. The SMILES string of the molecule is CN1CCN(C(=O)c2cc([N+](=O)[O-])cc(Cl)c2Cl)CC1. The van der Waals surface area contributed by atoms with Crippen LogP contribution < -0.4 is 0 Å². The van der Waals surface area contributed by atoms with Gasteiger partial charge in [-0.1, -0.05) is 23.2 Å². The summed E-state index contributed by atoms with van der Waals surface area (Å²) in [6.07, 6.45) is 0. The lowest BCUT2D eigenvalue weighted by Crippen LogP contribution is -2.47. The van der Waals surface area contributed by atoms with E-state index in [1.807, 2.05) is 7.05 Å². The van der Waals surface area contributed by atoms with Crippen LogP contribution in [0.15, 0.2) is 12.1 Å². The lowest BCUT2D eigenvalue weighted by molar-refractivity contribution is -0.384. The van der Waals surface area contributed by atoms with Crippen LogP contribution in [-0.2, 0) is 0 Å². The van der Waals surface area contributed by atoms with Gasteiger partial charge < -0.3 is 9.80 Å². The Morgan fingerprint density at radius 1 is 1.25 bits per heavy atom. The molecule has 0 unspecified atom stereocenters. The van der Waals surface area contributed by atoms with Crippen molar-refractivity contribution in [3.63, 3.8) is 0 Å². The van der Waals surface area contributed by atoms with Crippen LogP contribution in [0.1, 0.15) is 10.4 Å². The number of hydrogen-bond acceptors (Lipinski definition) is 4. The van der Waals surface area contributed by atoms with E-state index in [4.69, 9.17) is 23.2 Å². The van der Waals surface area contributed by atoms with Gasteiger partial charge >= 0.3 is 0 Å². The molecule has 1 aliphatic rings. The molecule has 1 fully saturated rings. The summed E-state index contributed by atoms with van der Waals surface area (Å²) >= 11 is 11.9. The first kappa shape index (κ1) is 15.0. The highest BCUT2D eigenvalue weighted by Crippen LogP contribution is 2.31. The molecule has 1 aromatic rings. The average molecular weight is 318 g/mol. The van der Waals surface area contributed by atoms with Gasteiger partial charge in [-0.2, -0.15) is 0 Å². The number of amides is 1. The van der Waals surface area contributed by atoms with Gasteiger partial charge in [-0.15, -0.1) is 0 Å². The van der Waals surface area contributed by atoms with E-state index in [1.54, 1.807) is 4.90 Å². The second-order valence-corrected chi connectivity index (χ2v) is 5.43. The van der Waals surface area contributed by atoms with Crippen molar-refractivity contribution >= 4 is 34.8 Å². The van der Waals surface area contributed by atoms with E-state index in [0.29, 0.717) is 13.1 Å². The number of carbonyl (C=O) groups excluding carboxylic acids is 1. The molecule has 1 aliphatic heterocycles. The normalized spacial score (nSPS) is 16.2. The molecule has 0 radical (unpaired) electrons. The third kappa shape index (κ3) is 3.03. The topological polar surface area (TPSA) is 66.7 Å². The van der Waals surface area contributed by atoms with Crippen molar-refractivity contribution in [1.29, 1.82) is 0 Å². The van der Waals surface area contributed by atoms with Crippen molar-refractivity contribution in [2.45, 2.75) is 0 Å². The molecular weight excluding hydrogens is 305 g/mol. The van der Waals surface area contributed by atoms with Crippen LogP contribution in [0.25, 0.3) is 0 Å². The Morgan fingerprint density at radius 2 is 1.85 bits per heavy atom. The molecule has 0 aromatic heterocycles. The van der Waals surface area contributed by atoms with Crippen molar-refractivity contribution in [1.82, 2.24) is 9.80 Å². The van der Waals surface area contributed by atoms with E-state index < -0.39 is 4.92 Å². The molecule has 0 N–H and O–H groups in total. The molecule has 0 atom stereocenters. The van der Waals surface area contributed by atoms with Gasteiger partial charge in [0.1, 0.15) is 0 Å². The summed E-state index contributed by atoms with van der Waals surface area (Å²) in [6, 6.07) is 2.32. The second kappa shape index (κ2) is 5.95. The third-order valence-corrected chi connectivity index (χ3v) is 4.05. The molecule has 6 nitrogen and oxygen atoms in total. The highest BCUT2D eigenvalue weighted by atomic mass is 35.5. The summed E-state index contributed by atoms with van der Waals surface area (Å²) in [7, 11) is 1.97. The van der Waals surface area contributed by atoms with Crippen molar-refractivity contribution in [3.05, 3.63) is 37.9 Å². The van der Waals surface area contributed by atoms with Crippen LogP contribution in [0.5, 0.6) is 0 Å². The molecule has 0 spiro atoms. The first-order chi connectivity index (χ1) is 9.40. The van der Waals surface area contributed by atoms with E-state index in [-0.39, 0.29) is 27.2 Å². The number of piperazine rings is 1. The van der Waals surface area contributed by atoms with E-state index in [1.165, 1.54) is 6.07 Å². The fraction of sp³-hybridized carbons (Fsp3) is 0.417. The molecule has 2 rings (SSSR count). The fourth-order valence-corrected chi connectivity index (χ4v) is 2.42. The number of hydrogen-bond donors (Lipinski definition) is 0. The summed E-state index contributed by atoms with van der Waals surface area (Å²) in [5, 5.41) is 10.9. The predicted molar refractivity (Wildman–Crippen MR) is 76.5 cm³/mol. The number of likely N-dealkylation sites (N-methyl/N-ethyl adjacent to an activating group) is 1. The first-order valence-electron chi connectivity index (χ1n) is 6.01. The van der Waals surface area contributed by atoms with Crippen LogP contribution in [0.4, 0.5) is 5.69 Å². The average Bonchev–Trinajstić information content (AvgIpc) is 2.41. The molecule has 0 saturated carbocycles. The Kier molecular flexibility index (Phi) is 4.47. The zero-order valence-electron chi connectivity index (χ0n) is 10.8. The van der Waals surface area contributed by atoms with Gasteiger partial charge in [0.05, 0.1) is 20.5 Å². The van der Waals surface area contributed by atoms with Crippen LogP contribution in [0.3, 0.4) is 0 Å². The monoisotopic (exact) mass is 317 g/mol. The highest BCUT2D eigenvalue weighted by Gasteiger charge is 2.25. The van der Waals surface area contributed by atoms with Crippen molar-refractivity contribution < 1.29 is 9.72 Å². The molecule has 1 amide bonds. The summed E-state index contributed by atoms with van der Waals surface area (Å²) < 4.78 is 0. The van der Waals surface area contributed by atoms with E-state index in [9.17, 15) is 14.9 Å². The number of rotatable bonds is 2. The van der Waals surface area contributed by atoms with E-state index >= 15 is 0 Å². The smallest absolute Gasteiger partial charge is 0.271 e. The molecule has 20 heavy (non-hydrogen) atoms. The molecule has 0 bridgehead atoms. The number of carbonyl (C=O) groups is 1. The number of nitro benzene ring substituents is 1. The molecule has 1 heterocycles. The number of benzene rings is 1. The third-order valence-electron chi connectivity index (χ3n) is 3.24. The lowest BCUT2D eigenvalue weighted by Gasteiger charge is -2.32. The van der Waals surface area contributed by atoms with Crippen molar-refractivity contribution in [2.24, 2.45) is 0 Å². The maximum atomic E-state index is 12.4. The molecule has 8 heteroatoms. The van der Waals surface area contributed by atoms with E-state index in [2.05, 4.69) is 4.90 Å². The minimum atomic E-state index is -0.594. The predicted octanol–water partition coefficient (Wildman–Crippen LogP) is 2.29. The van der Waals surface area contributed by atoms with Crippen LogP contribution in [0.2, 0.25) is 10.0 Å². The molecule has 0 aliphatic carbocycles. The molecule has 1 saturated heterocycles. The summed E-state index contributed by atoms with van der Waals surface area (Å²) in [5.41, 5.74) is -0.160. The van der Waals surface area contributed by atoms with Gasteiger partial charge in [-0.3, -0.25) is 14.9 Å². The number of nitro groups is 1. The van der Waals surface area contributed by atoms with Crippen LogP contribution in [-0.4, -0.2) is 53.9 Å². The highest BCUT2D eigenvalue weighted by molar-refractivity contribution is 6.44. The number of non-ortho nitro benzene ring substituents is 1. The molecule has 108 valence electrons. The zero-order chi connectivity index (χ0) is 14.9. The molecular formula is C12H13Cl2N3O3. The minimum Gasteiger partial charge on any atom is -0.336 e. The quantitative estimate of drug-likeness (QED) is 0.620. The van der Waals surface area contributed by atoms with E-state index in [0.717, 1.165) is 19.2 Å². The summed E-state index contributed by atoms with van der Waals surface area (Å²) in [5.74, 6) is -0.325. The maximum absolute atomic E-state index is 12.4. The second-order valence-electron chi connectivity index (χ2n) is 4.64. The standard InChI is InChI=1S/C12H13Cl2N3O3/c1-15-2-4-16(5-3-15)12(18)9-6-8(17(19)20)7-10(13)11(9)14/h6-7H,2-5H2,1H3. The van der Waals surface area contributed by atoms with Crippen molar-refractivity contribution in [3.8, 4) is 0 Å². The Balaban J connectivity index is 2.31. The number of halogens is 2. The fourth-order valence-electron chi connectivity index (χ4n) is 2.02. The van der Waals surface area contributed by atoms with Gasteiger partial charge in [0, 0.05) is 38.3 Å². The van der Waals surface area contributed by atoms with Gasteiger partial charge in [0.15, 0.2) is 0 Å². The zero-order valence-corrected chi connectivity index (χ0v) is 12.3. The number of nitrogens with zero attached hydrogens (tertiary/aromatic N) is 3. The first-order valence-corrected chi connectivity index (χ1v) is 6.77. The molecule has 1 aromatic carbocycles. The van der Waals surface area contributed by atoms with Gasteiger partial charge in [-0.25, -0.2) is 0 Å². The largest absolute Gasteiger partial charge is 0.336 e. The Morgan fingerprint density at radius 3 is 2.40 bits per heavy atom. The Labute approximate surface area is 126 Å². The Bertz CT molecular complexity index is 557. The van der Waals surface area contributed by atoms with Crippen molar-refractivity contribution in [2.75, 3.05) is 33.2 Å². The van der Waals surface area contributed by atoms with Gasteiger partial charge in [-0.05, 0) is 7.05 Å². The summed E-state index contributed by atoms with van der Waals surface area (Å²) in [4.78, 5) is 26.4. The van der Waals surface area contributed by atoms with Gasteiger partial charge in [0.25, 0.3) is 11.6 Å². The van der Waals surface area contributed by atoms with Crippen LogP contribution >= 0.6 is 23.2 Å². The maximum Gasteiger partial charge on any atom is 0.271 e.